The molecule has 3 rings (SSSR count). The molecule has 1 heterocycles. The third kappa shape index (κ3) is 3.06. The number of benzene rings is 2. The number of halogens is 2. The van der Waals surface area contributed by atoms with Gasteiger partial charge in [-0.05, 0) is 36.8 Å². The lowest BCUT2D eigenvalue weighted by Gasteiger charge is -2.10. The van der Waals surface area contributed by atoms with Crippen molar-refractivity contribution in [2.75, 3.05) is 0 Å². The molecule has 116 valence electrons. The molecule has 2 aromatic carbocycles. The van der Waals surface area contributed by atoms with Crippen molar-refractivity contribution >= 4 is 39.8 Å². The summed E-state index contributed by atoms with van der Waals surface area (Å²) in [6.45, 7) is 1.97. The van der Waals surface area contributed by atoms with Gasteiger partial charge in [0.1, 0.15) is 5.75 Å². The minimum atomic E-state index is -0.563. The number of rotatable bonds is 3. The highest BCUT2D eigenvalue weighted by Crippen LogP contribution is 2.39. The Labute approximate surface area is 141 Å². The first-order valence-electron chi connectivity index (χ1n) is 6.62. The highest BCUT2D eigenvalue weighted by Gasteiger charge is 2.16. The van der Waals surface area contributed by atoms with Crippen molar-refractivity contribution < 1.29 is 9.66 Å². The van der Waals surface area contributed by atoms with Crippen LogP contribution in [0.4, 0.5) is 5.69 Å². The zero-order chi connectivity index (χ0) is 16.6. The predicted molar refractivity (Wildman–Crippen MR) is 89.7 cm³/mol. The molecule has 7 heteroatoms. The normalized spacial score (nSPS) is 10.7. The molecule has 0 radical (unpaired) electrons. The first-order valence-corrected chi connectivity index (χ1v) is 7.38. The van der Waals surface area contributed by atoms with Crippen molar-refractivity contribution in [1.29, 1.82) is 0 Å². The molecular weight excluding hydrogens is 339 g/mol. The molecule has 0 N–H and O–H groups in total. The number of non-ortho nitro benzene ring substituents is 1. The van der Waals surface area contributed by atoms with Gasteiger partial charge in [0, 0.05) is 23.7 Å². The van der Waals surface area contributed by atoms with Gasteiger partial charge in [-0.15, -0.1) is 0 Å². The van der Waals surface area contributed by atoms with Gasteiger partial charge in [-0.2, -0.15) is 0 Å². The maximum absolute atomic E-state index is 10.8. The number of nitro benzene ring substituents is 1. The minimum Gasteiger partial charge on any atom is -0.454 e. The fraction of sp³-hybridized carbons (Fsp3) is 0.0625. The molecule has 0 amide bonds. The van der Waals surface area contributed by atoms with Crippen molar-refractivity contribution in [3.63, 3.8) is 0 Å². The Morgan fingerprint density at radius 2 is 1.83 bits per heavy atom. The molecule has 0 unspecified atom stereocenters. The summed E-state index contributed by atoms with van der Waals surface area (Å²) >= 11 is 12.1. The lowest BCUT2D eigenvalue weighted by Crippen LogP contribution is -1.92. The Morgan fingerprint density at radius 1 is 1.13 bits per heavy atom. The Kier molecular flexibility index (Phi) is 4.07. The lowest BCUT2D eigenvalue weighted by molar-refractivity contribution is -0.384. The van der Waals surface area contributed by atoms with Gasteiger partial charge in [0.2, 0.25) is 0 Å². The van der Waals surface area contributed by atoms with Gasteiger partial charge in [0.25, 0.3) is 5.69 Å². The summed E-state index contributed by atoms with van der Waals surface area (Å²) in [5, 5.41) is 11.9. The van der Waals surface area contributed by atoms with E-state index in [1.165, 1.54) is 12.1 Å². The van der Waals surface area contributed by atoms with Gasteiger partial charge in [-0.1, -0.05) is 23.2 Å². The largest absolute Gasteiger partial charge is 0.454 e. The van der Waals surface area contributed by atoms with Gasteiger partial charge >= 0.3 is 0 Å². The van der Waals surface area contributed by atoms with E-state index in [2.05, 4.69) is 4.98 Å². The molecule has 0 bridgehead atoms. The number of pyridine rings is 1. The number of hydrogen-bond acceptors (Lipinski definition) is 4. The molecule has 0 aliphatic heterocycles. The molecule has 0 spiro atoms. The molecule has 3 aromatic rings. The zero-order valence-electron chi connectivity index (χ0n) is 11.9. The Balaban J connectivity index is 2.02. The topological polar surface area (TPSA) is 65.3 Å². The van der Waals surface area contributed by atoms with Gasteiger partial charge in [-0.3, -0.25) is 15.1 Å². The summed E-state index contributed by atoms with van der Waals surface area (Å²) in [7, 11) is 0. The molecule has 0 aliphatic carbocycles. The van der Waals surface area contributed by atoms with E-state index in [-0.39, 0.29) is 21.5 Å². The van der Waals surface area contributed by atoms with E-state index < -0.39 is 4.92 Å². The summed E-state index contributed by atoms with van der Waals surface area (Å²) in [5.74, 6) is 0.700. The zero-order valence-corrected chi connectivity index (χ0v) is 13.4. The van der Waals surface area contributed by atoms with Crippen LogP contribution in [0, 0.1) is 17.0 Å². The average Bonchev–Trinajstić information content (AvgIpc) is 2.51. The Hall–Kier alpha value is -2.37. The Bertz CT molecular complexity index is 905. The first kappa shape index (κ1) is 15.5. The number of nitro groups is 1. The molecule has 0 saturated carbocycles. The summed E-state index contributed by atoms with van der Waals surface area (Å²) in [6.07, 6.45) is 1.74. The molecule has 5 nitrogen and oxygen atoms in total. The maximum atomic E-state index is 10.8. The maximum Gasteiger partial charge on any atom is 0.272 e. The van der Waals surface area contributed by atoms with Gasteiger partial charge in [0.15, 0.2) is 5.75 Å². The molecule has 0 aliphatic rings. The van der Waals surface area contributed by atoms with Crippen LogP contribution in [0.2, 0.25) is 10.0 Å². The fourth-order valence-corrected chi connectivity index (χ4v) is 2.75. The van der Waals surface area contributed by atoms with E-state index in [1.807, 2.05) is 25.1 Å². The summed E-state index contributed by atoms with van der Waals surface area (Å²) < 4.78 is 5.72. The van der Waals surface area contributed by atoms with E-state index in [0.29, 0.717) is 5.75 Å². The van der Waals surface area contributed by atoms with Gasteiger partial charge in [0.05, 0.1) is 20.5 Å². The second-order valence-corrected chi connectivity index (χ2v) is 5.72. The molecule has 0 atom stereocenters. The molecule has 1 aromatic heterocycles. The van der Waals surface area contributed by atoms with Crippen LogP contribution in [0.1, 0.15) is 5.56 Å². The second kappa shape index (κ2) is 6.02. The standard InChI is InChI=1S/C16H10Cl2N2O3/c1-9-4-5-19-15-3-2-11(8-12(9)15)23-16-13(17)6-10(20(21)22)7-14(16)18/h2-8H,1H3. The number of ether oxygens (including phenoxy) is 1. The van der Waals surface area contributed by atoms with Gasteiger partial charge < -0.3 is 4.74 Å². The summed E-state index contributed by atoms with van der Waals surface area (Å²) in [6, 6.07) is 9.70. The molecule has 0 saturated heterocycles. The van der Waals surface area contributed by atoms with E-state index >= 15 is 0 Å². The fourth-order valence-electron chi connectivity index (χ4n) is 2.19. The number of aryl methyl sites for hydroxylation is 1. The number of hydrogen-bond donors (Lipinski definition) is 0. The first-order chi connectivity index (χ1) is 11.0. The monoisotopic (exact) mass is 348 g/mol. The average molecular weight is 349 g/mol. The molecule has 0 fully saturated rings. The van der Waals surface area contributed by atoms with Crippen molar-refractivity contribution in [2.45, 2.75) is 6.92 Å². The van der Waals surface area contributed by atoms with E-state index in [9.17, 15) is 10.1 Å². The summed E-state index contributed by atoms with van der Waals surface area (Å²) in [4.78, 5) is 14.5. The van der Waals surface area contributed by atoms with Crippen molar-refractivity contribution in [2.24, 2.45) is 0 Å². The van der Waals surface area contributed by atoms with E-state index in [4.69, 9.17) is 27.9 Å². The van der Waals surface area contributed by atoms with Crippen molar-refractivity contribution in [3.8, 4) is 11.5 Å². The van der Waals surface area contributed by atoms with Crippen molar-refractivity contribution in [1.82, 2.24) is 4.98 Å². The van der Waals surface area contributed by atoms with Crippen LogP contribution in [0.3, 0.4) is 0 Å². The molecular formula is C16H10Cl2N2O3. The van der Waals surface area contributed by atoms with Crippen LogP contribution in [0.15, 0.2) is 42.6 Å². The Morgan fingerprint density at radius 3 is 2.48 bits per heavy atom. The number of fused-ring (bicyclic) bond motifs is 1. The van der Waals surface area contributed by atoms with Crippen LogP contribution < -0.4 is 4.74 Å². The molecule has 23 heavy (non-hydrogen) atoms. The van der Waals surface area contributed by atoms with Crippen LogP contribution in [0.5, 0.6) is 11.5 Å². The third-order valence-corrected chi connectivity index (χ3v) is 3.91. The van der Waals surface area contributed by atoms with Crippen LogP contribution >= 0.6 is 23.2 Å². The van der Waals surface area contributed by atoms with Gasteiger partial charge in [-0.25, -0.2) is 0 Å². The summed E-state index contributed by atoms with van der Waals surface area (Å²) in [5.41, 5.74) is 1.71. The highest BCUT2D eigenvalue weighted by molar-refractivity contribution is 6.37. The smallest absolute Gasteiger partial charge is 0.272 e. The van der Waals surface area contributed by atoms with Crippen LogP contribution in [0.25, 0.3) is 10.9 Å². The number of nitrogens with zero attached hydrogens (tertiary/aromatic N) is 2. The third-order valence-electron chi connectivity index (χ3n) is 3.34. The lowest BCUT2D eigenvalue weighted by atomic mass is 10.1. The van der Waals surface area contributed by atoms with Crippen LogP contribution in [-0.4, -0.2) is 9.91 Å². The van der Waals surface area contributed by atoms with E-state index in [0.717, 1.165) is 16.5 Å². The van der Waals surface area contributed by atoms with E-state index in [1.54, 1.807) is 12.3 Å². The highest BCUT2D eigenvalue weighted by atomic mass is 35.5. The minimum absolute atomic E-state index is 0.0761. The second-order valence-electron chi connectivity index (χ2n) is 4.90. The SMILES string of the molecule is Cc1ccnc2ccc(Oc3c(Cl)cc([N+](=O)[O-])cc3Cl)cc12. The van der Waals surface area contributed by atoms with Crippen molar-refractivity contribution in [3.05, 3.63) is 68.3 Å². The predicted octanol–water partition coefficient (Wildman–Crippen LogP) is 5.55. The van der Waals surface area contributed by atoms with Crippen LogP contribution in [-0.2, 0) is 0 Å². The quantitative estimate of drug-likeness (QED) is 0.459. The number of aromatic nitrogens is 1.